The summed E-state index contributed by atoms with van der Waals surface area (Å²) < 4.78 is 0. The van der Waals surface area contributed by atoms with Gasteiger partial charge in [-0.15, -0.1) is 11.6 Å². The van der Waals surface area contributed by atoms with E-state index >= 15 is 0 Å². The van der Waals surface area contributed by atoms with Gasteiger partial charge in [0.25, 0.3) is 0 Å². The van der Waals surface area contributed by atoms with Crippen molar-refractivity contribution in [2.45, 2.75) is 31.7 Å². The van der Waals surface area contributed by atoms with Crippen molar-refractivity contribution in [1.82, 2.24) is 0 Å². The first kappa shape index (κ1) is 12.6. The first-order valence-electron chi connectivity index (χ1n) is 6.81. The highest BCUT2D eigenvalue weighted by molar-refractivity contribution is 6.17. The van der Waals surface area contributed by atoms with E-state index in [0.717, 1.165) is 0 Å². The number of benzene rings is 2. The SMILES string of the molecule is CC1CCc2ccccc2N1c1ccc(CCl)cc1. The fourth-order valence-electron chi connectivity index (χ4n) is 2.83. The fourth-order valence-corrected chi connectivity index (χ4v) is 3.01. The summed E-state index contributed by atoms with van der Waals surface area (Å²) in [5.41, 5.74) is 5.22. The van der Waals surface area contributed by atoms with Gasteiger partial charge < -0.3 is 4.90 Å². The number of nitrogens with zero attached hydrogens (tertiary/aromatic N) is 1. The molecule has 1 aliphatic heterocycles. The Morgan fingerprint density at radius 1 is 1.11 bits per heavy atom. The van der Waals surface area contributed by atoms with E-state index < -0.39 is 0 Å². The number of halogens is 1. The predicted molar refractivity (Wildman–Crippen MR) is 82.4 cm³/mol. The molecule has 2 heteroatoms. The topological polar surface area (TPSA) is 3.24 Å². The summed E-state index contributed by atoms with van der Waals surface area (Å²) in [4.78, 5) is 2.44. The Morgan fingerprint density at radius 2 is 1.84 bits per heavy atom. The minimum absolute atomic E-state index is 0.539. The van der Waals surface area contributed by atoms with Crippen molar-refractivity contribution in [1.29, 1.82) is 0 Å². The van der Waals surface area contributed by atoms with Crippen LogP contribution in [0.5, 0.6) is 0 Å². The van der Waals surface area contributed by atoms with Crippen LogP contribution in [0.15, 0.2) is 48.5 Å². The van der Waals surface area contributed by atoms with Crippen molar-refractivity contribution in [3.8, 4) is 0 Å². The van der Waals surface area contributed by atoms with Crippen LogP contribution < -0.4 is 4.90 Å². The zero-order chi connectivity index (χ0) is 13.2. The number of hydrogen-bond donors (Lipinski definition) is 0. The maximum absolute atomic E-state index is 5.86. The third-order valence-corrected chi connectivity index (χ3v) is 4.20. The van der Waals surface area contributed by atoms with Crippen LogP contribution in [0.4, 0.5) is 11.4 Å². The van der Waals surface area contributed by atoms with Gasteiger partial charge in [-0.05, 0) is 49.1 Å². The Labute approximate surface area is 119 Å². The molecule has 98 valence electrons. The lowest BCUT2D eigenvalue weighted by Crippen LogP contribution is -2.33. The quantitative estimate of drug-likeness (QED) is 0.703. The second-order valence-corrected chi connectivity index (χ2v) is 5.45. The van der Waals surface area contributed by atoms with Crippen molar-refractivity contribution in [3.63, 3.8) is 0 Å². The fraction of sp³-hybridized carbons (Fsp3) is 0.294. The molecule has 0 spiro atoms. The minimum Gasteiger partial charge on any atom is -0.338 e. The molecule has 1 aliphatic rings. The van der Waals surface area contributed by atoms with E-state index in [1.807, 2.05) is 0 Å². The minimum atomic E-state index is 0.539. The standard InChI is InChI=1S/C17H18ClN/c1-13-6-9-15-4-2-3-5-17(15)19(13)16-10-7-14(12-18)8-11-16/h2-5,7-8,10-11,13H,6,9,12H2,1H3. The Kier molecular flexibility index (Phi) is 3.48. The third kappa shape index (κ3) is 2.35. The molecule has 0 fully saturated rings. The van der Waals surface area contributed by atoms with Crippen LogP contribution >= 0.6 is 11.6 Å². The monoisotopic (exact) mass is 271 g/mol. The lowest BCUT2D eigenvalue weighted by Gasteiger charge is -2.37. The molecule has 1 unspecified atom stereocenters. The number of aryl methyl sites for hydroxylation is 1. The molecular weight excluding hydrogens is 254 g/mol. The second kappa shape index (κ2) is 5.26. The first-order chi connectivity index (χ1) is 9.29. The Hall–Kier alpha value is -1.47. The number of alkyl halides is 1. The van der Waals surface area contributed by atoms with Gasteiger partial charge in [0.2, 0.25) is 0 Å². The molecule has 2 aromatic carbocycles. The van der Waals surface area contributed by atoms with E-state index in [2.05, 4.69) is 60.4 Å². The summed E-state index contributed by atoms with van der Waals surface area (Å²) in [5, 5.41) is 0. The summed E-state index contributed by atoms with van der Waals surface area (Å²) >= 11 is 5.86. The largest absolute Gasteiger partial charge is 0.338 e. The molecule has 1 nitrogen and oxygen atoms in total. The van der Waals surface area contributed by atoms with Gasteiger partial charge in [-0.25, -0.2) is 0 Å². The zero-order valence-electron chi connectivity index (χ0n) is 11.1. The molecule has 0 radical (unpaired) electrons. The maximum atomic E-state index is 5.86. The van der Waals surface area contributed by atoms with Crippen molar-refractivity contribution < 1.29 is 0 Å². The Bertz CT molecular complexity index is 562. The number of anilines is 2. The number of rotatable bonds is 2. The maximum Gasteiger partial charge on any atom is 0.0474 e. The van der Waals surface area contributed by atoms with E-state index in [0.29, 0.717) is 11.9 Å². The average Bonchev–Trinajstić information content (AvgIpc) is 2.47. The van der Waals surface area contributed by atoms with Gasteiger partial charge in [0.05, 0.1) is 0 Å². The molecule has 1 heterocycles. The zero-order valence-corrected chi connectivity index (χ0v) is 11.9. The van der Waals surface area contributed by atoms with Crippen LogP contribution in [-0.2, 0) is 12.3 Å². The van der Waals surface area contributed by atoms with Crippen LogP contribution in [-0.4, -0.2) is 6.04 Å². The van der Waals surface area contributed by atoms with Crippen LogP contribution in [0.3, 0.4) is 0 Å². The highest BCUT2D eigenvalue weighted by Gasteiger charge is 2.23. The molecule has 1 atom stereocenters. The molecule has 0 bridgehead atoms. The first-order valence-corrected chi connectivity index (χ1v) is 7.35. The van der Waals surface area contributed by atoms with Crippen LogP contribution in [0, 0.1) is 0 Å². The Morgan fingerprint density at radius 3 is 2.58 bits per heavy atom. The molecule has 19 heavy (non-hydrogen) atoms. The van der Waals surface area contributed by atoms with Crippen LogP contribution in [0.1, 0.15) is 24.5 Å². The van der Waals surface area contributed by atoms with Crippen molar-refractivity contribution >= 4 is 23.0 Å². The van der Waals surface area contributed by atoms with Crippen LogP contribution in [0.2, 0.25) is 0 Å². The van der Waals surface area contributed by atoms with E-state index in [1.165, 1.54) is 35.3 Å². The van der Waals surface area contributed by atoms with Crippen LogP contribution in [0.25, 0.3) is 0 Å². The molecule has 0 N–H and O–H groups in total. The van der Waals surface area contributed by atoms with Gasteiger partial charge in [-0.1, -0.05) is 30.3 Å². The summed E-state index contributed by atoms with van der Waals surface area (Å²) in [6, 6.07) is 17.8. The van der Waals surface area contributed by atoms with E-state index in [-0.39, 0.29) is 0 Å². The van der Waals surface area contributed by atoms with Gasteiger partial charge in [0.15, 0.2) is 0 Å². The molecule has 0 aliphatic carbocycles. The third-order valence-electron chi connectivity index (χ3n) is 3.89. The van der Waals surface area contributed by atoms with Gasteiger partial charge in [0.1, 0.15) is 0 Å². The van der Waals surface area contributed by atoms with Gasteiger partial charge in [0, 0.05) is 23.3 Å². The molecule has 0 aromatic heterocycles. The van der Waals surface area contributed by atoms with Gasteiger partial charge in [-0.2, -0.15) is 0 Å². The summed E-state index contributed by atoms with van der Waals surface area (Å²) in [5.74, 6) is 0.576. The highest BCUT2D eigenvalue weighted by Crippen LogP contribution is 2.36. The molecule has 2 aromatic rings. The lowest BCUT2D eigenvalue weighted by molar-refractivity contribution is 0.618. The number of para-hydroxylation sites is 1. The molecule has 0 saturated carbocycles. The number of fused-ring (bicyclic) bond motifs is 1. The second-order valence-electron chi connectivity index (χ2n) is 5.19. The van der Waals surface area contributed by atoms with Gasteiger partial charge in [-0.3, -0.25) is 0 Å². The highest BCUT2D eigenvalue weighted by atomic mass is 35.5. The lowest BCUT2D eigenvalue weighted by atomic mass is 9.96. The van der Waals surface area contributed by atoms with Crippen molar-refractivity contribution in [2.24, 2.45) is 0 Å². The smallest absolute Gasteiger partial charge is 0.0474 e. The van der Waals surface area contributed by atoms with E-state index in [9.17, 15) is 0 Å². The Balaban J connectivity index is 2.02. The van der Waals surface area contributed by atoms with Crippen molar-refractivity contribution in [3.05, 3.63) is 59.7 Å². The summed E-state index contributed by atoms with van der Waals surface area (Å²) in [6.45, 7) is 2.30. The molecular formula is C17H18ClN. The summed E-state index contributed by atoms with van der Waals surface area (Å²) in [7, 11) is 0. The normalized spacial score (nSPS) is 18.2. The predicted octanol–water partition coefficient (Wildman–Crippen LogP) is 4.90. The van der Waals surface area contributed by atoms with E-state index in [1.54, 1.807) is 0 Å². The van der Waals surface area contributed by atoms with Crippen molar-refractivity contribution in [2.75, 3.05) is 4.90 Å². The molecule has 3 rings (SSSR count). The molecule has 0 amide bonds. The molecule has 0 saturated heterocycles. The van der Waals surface area contributed by atoms with Gasteiger partial charge >= 0.3 is 0 Å². The average molecular weight is 272 g/mol. The van der Waals surface area contributed by atoms with E-state index in [4.69, 9.17) is 11.6 Å². The number of hydrogen-bond acceptors (Lipinski definition) is 1. The summed E-state index contributed by atoms with van der Waals surface area (Å²) in [6.07, 6.45) is 2.38.